The zero-order valence-corrected chi connectivity index (χ0v) is 10.8. The van der Waals surface area contributed by atoms with Crippen molar-refractivity contribution in [3.8, 4) is 0 Å². The molecule has 18 heavy (non-hydrogen) atoms. The molecule has 0 atom stereocenters. The van der Waals surface area contributed by atoms with E-state index in [1.807, 2.05) is 17.4 Å². The third-order valence-corrected chi connectivity index (χ3v) is 3.23. The molecule has 5 nitrogen and oxygen atoms in total. The van der Waals surface area contributed by atoms with Gasteiger partial charge in [0.05, 0.1) is 12.2 Å². The van der Waals surface area contributed by atoms with Crippen LogP contribution in [0.1, 0.15) is 55.7 Å². The van der Waals surface area contributed by atoms with Gasteiger partial charge in [-0.15, -0.1) is 5.53 Å². The second kappa shape index (κ2) is 4.57. The molecule has 1 aromatic rings. The molecule has 1 saturated carbocycles. The van der Waals surface area contributed by atoms with Gasteiger partial charge in [-0.1, -0.05) is 13.8 Å². The van der Waals surface area contributed by atoms with Gasteiger partial charge in [0, 0.05) is 24.0 Å². The van der Waals surface area contributed by atoms with Gasteiger partial charge in [-0.3, -0.25) is 5.01 Å². The number of hydrazine groups is 2. The van der Waals surface area contributed by atoms with Gasteiger partial charge in [0.1, 0.15) is 5.82 Å². The van der Waals surface area contributed by atoms with Crippen LogP contribution in [0.15, 0.2) is 18.5 Å². The lowest BCUT2D eigenvalue weighted by atomic mass is 10.1. The first-order valence-corrected chi connectivity index (χ1v) is 6.54. The lowest BCUT2D eigenvalue weighted by Gasteiger charge is -2.16. The van der Waals surface area contributed by atoms with Crippen LogP contribution in [0.4, 0.5) is 0 Å². The van der Waals surface area contributed by atoms with E-state index < -0.39 is 0 Å². The Kier molecular flexibility index (Phi) is 2.91. The SMILES string of the molecule is CC(C)c1cc(CN2C=CNN2)nc(C2CC2)n1. The Balaban J connectivity index is 1.84. The van der Waals surface area contributed by atoms with E-state index >= 15 is 0 Å². The Labute approximate surface area is 107 Å². The van der Waals surface area contributed by atoms with Crippen LogP contribution in [0.2, 0.25) is 0 Å². The topological polar surface area (TPSA) is 53.1 Å². The normalized spacial score (nSPS) is 18.5. The fraction of sp³-hybridized carbons (Fsp3) is 0.538. The molecule has 2 N–H and O–H groups in total. The van der Waals surface area contributed by atoms with Gasteiger partial charge in [0.2, 0.25) is 0 Å². The number of nitrogens with one attached hydrogen (secondary N) is 2. The second-order valence-electron chi connectivity index (χ2n) is 5.27. The van der Waals surface area contributed by atoms with Crippen molar-refractivity contribution in [3.63, 3.8) is 0 Å². The number of rotatable bonds is 4. The Hall–Kier alpha value is -1.62. The third kappa shape index (κ3) is 2.46. The summed E-state index contributed by atoms with van der Waals surface area (Å²) in [5, 5.41) is 1.98. The molecule has 2 aliphatic rings. The summed E-state index contributed by atoms with van der Waals surface area (Å²) in [6, 6.07) is 2.12. The third-order valence-electron chi connectivity index (χ3n) is 3.23. The van der Waals surface area contributed by atoms with E-state index in [4.69, 9.17) is 0 Å². The molecule has 1 aliphatic heterocycles. The zero-order valence-electron chi connectivity index (χ0n) is 10.8. The molecule has 0 bridgehead atoms. The number of nitrogens with zero attached hydrogens (tertiary/aromatic N) is 3. The van der Waals surface area contributed by atoms with Gasteiger partial charge in [0.15, 0.2) is 0 Å². The van der Waals surface area contributed by atoms with Crippen molar-refractivity contribution < 1.29 is 0 Å². The molecule has 0 unspecified atom stereocenters. The van der Waals surface area contributed by atoms with Crippen molar-refractivity contribution in [2.75, 3.05) is 0 Å². The highest BCUT2D eigenvalue weighted by atomic mass is 15.7. The molecule has 0 saturated heterocycles. The summed E-state index contributed by atoms with van der Waals surface area (Å²) in [5.41, 5.74) is 8.19. The number of aromatic nitrogens is 2. The van der Waals surface area contributed by atoms with E-state index in [1.165, 1.54) is 12.8 Å². The molecule has 0 amide bonds. The monoisotopic (exact) mass is 245 g/mol. The van der Waals surface area contributed by atoms with E-state index in [1.54, 1.807) is 0 Å². The molecule has 5 heteroatoms. The Bertz CT molecular complexity index is 444. The summed E-state index contributed by atoms with van der Waals surface area (Å²) in [6.45, 7) is 5.11. The summed E-state index contributed by atoms with van der Waals surface area (Å²) >= 11 is 0. The fourth-order valence-corrected chi connectivity index (χ4v) is 1.99. The Morgan fingerprint density at radius 2 is 2.22 bits per heavy atom. The number of hydrogen-bond donors (Lipinski definition) is 2. The van der Waals surface area contributed by atoms with Gasteiger partial charge in [0.25, 0.3) is 0 Å². The van der Waals surface area contributed by atoms with Crippen LogP contribution in [0.3, 0.4) is 0 Å². The first-order chi connectivity index (χ1) is 8.72. The maximum atomic E-state index is 4.69. The molecular weight excluding hydrogens is 226 g/mol. The lowest BCUT2D eigenvalue weighted by Crippen LogP contribution is -2.35. The van der Waals surface area contributed by atoms with E-state index in [-0.39, 0.29) is 0 Å². The van der Waals surface area contributed by atoms with E-state index in [9.17, 15) is 0 Å². The summed E-state index contributed by atoms with van der Waals surface area (Å²) in [6.07, 6.45) is 6.31. The molecule has 2 heterocycles. The van der Waals surface area contributed by atoms with E-state index in [2.05, 4.69) is 40.8 Å². The first-order valence-electron chi connectivity index (χ1n) is 6.54. The molecule has 1 aromatic heterocycles. The average Bonchev–Trinajstić information content (AvgIpc) is 3.09. The van der Waals surface area contributed by atoms with Gasteiger partial charge in [-0.05, 0) is 24.8 Å². The summed E-state index contributed by atoms with van der Waals surface area (Å²) in [4.78, 5) is 9.37. The van der Waals surface area contributed by atoms with E-state index in [0.717, 1.165) is 23.8 Å². The van der Waals surface area contributed by atoms with Crippen molar-refractivity contribution >= 4 is 0 Å². The minimum atomic E-state index is 0.449. The van der Waals surface area contributed by atoms with Crippen LogP contribution in [0.5, 0.6) is 0 Å². The zero-order chi connectivity index (χ0) is 12.5. The molecule has 96 valence electrons. The largest absolute Gasteiger partial charge is 0.310 e. The molecule has 3 rings (SSSR count). The summed E-state index contributed by atoms with van der Waals surface area (Å²) in [7, 11) is 0. The van der Waals surface area contributed by atoms with Crippen molar-refractivity contribution in [2.45, 2.75) is 45.1 Å². The van der Waals surface area contributed by atoms with Gasteiger partial charge in [-0.2, -0.15) is 0 Å². The van der Waals surface area contributed by atoms with E-state index in [0.29, 0.717) is 11.8 Å². The quantitative estimate of drug-likeness (QED) is 0.846. The van der Waals surface area contributed by atoms with Crippen LogP contribution in [-0.4, -0.2) is 15.0 Å². The summed E-state index contributed by atoms with van der Waals surface area (Å²) in [5.74, 6) is 2.08. The van der Waals surface area contributed by atoms with Crippen LogP contribution < -0.4 is 11.0 Å². The molecule has 1 fully saturated rings. The minimum Gasteiger partial charge on any atom is -0.310 e. The summed E-state index contributed by atoms with van der Waals surface area (Å²) < 4.78 is 0. The van der Waals surface area contributed by atoms with Crippen molar-refractivity contribution in [3.05, 3.63) is 35.7 Å². The van der Waals surface area contributed by atoms with Crippen molar-refractivity contribution in [1.29, 1.82) is 0 Å². The average molecular weight is 245 g/mol. The molecule has 0 spiro atoms. The first kappa shape index (κ1) is 11.5. The predicted molar refractivity (Wildman–Crippen MR) is 69.1 cm³/mol. The highest BCUT2D eigenvalue weighted by Crippen LogP contribution is 2.38. The molecule has 0 radical (unpaired) electrons. The highest BCUT2D eigenvalue weighted by molar-refractivity contribution is 5.18. The maximum absolute atomic E-state index is 4.69. The second-order valence-corrected chi connectivity index (χ2v) is 5.27. The Morgan fingerprint density at radius 3 is 2.83 bits per heavy atom. The predicted octanol–water partition coefficient (Wildman–Crippen LogP) is 1.77. The smallest absolute Gasteiger partial charge is 0.132 e. The minimum absolute atomic E-state index is 0.449. The molecule has 1 aliphatic carbocycles. The van der Waals surface area contributed by atoms with Crippen LogP contribution in [0, 0.1) is 0 Å². The fourth-order valence-electron chi connectivity index (χ4n) is 1.99. The highest BCUT2D eigenvalue weighted by Gasteiger charge is 2.27. The van der Waals surface area contributed by atoms with Gasteiger partial charge in [-0.25, -0.2) is 9.97 Å². The van der Waals surface area contributed by atoms with Crippen LogP contribution >= 0.6 is 0 Å². The lowest BCUT2D eigenvalue weighted by molar-refractivity contribution is 0.260. The standard InChI is InChI=1S/C13H19N5/c1-9(2)12-7-11(8-18-6-5-14-17-18)15-13(16-12)10-3-4-10/h5-7,9-10,14,17H,3-4,8H2,1-2H3. The van der Waals surface area contributed by atoms with Crippen molar-refractivity contribution in [2.24, 2.45) is 0 Å². The number of hydrogen-bond acceptors (Lipinski definition) is 5. The van der Waals surface area contributed by atoms with Crippen molar-refractivity contribution in [1.82, 2.24) is 25.9 Å². The van der Waals surface area contributed by atoms with Gasteiger partial charge >= 0.3 is 0 Å². The van der Waals surface area contributed by atoms with Crippen LogP contribution in [-0.2, 0) is 6.54 Å². The molecular formula is C13H19N5. The maximum Gasteiger partial charge on any atom is 0.132 e. The van der Waals surface area contributed by atoms with Crippen LogP contribution in [0.25, 0.3) is 0 Å². The molecule has 0 aromatic carbocycles. The Morgan fingerprint density at radius 1 is 1.39 bits per heavy atom. The van der Waals surface area contributed by atoms with Gasteiger partial charge < -0.3 is 5.43 Å².